The number of hydrogen-bond donors (Lipinski definition) is 1. The van der Waals surface area contributed by atoms with Gasteiger partial charge in [0.1, 0.15) is 5.75 Å². The summed E-state index contributed by atoms with van der Waals surface area (Å²) >= 11 is 0. The molecule has 1 aliphatic heterocycles. The van der Waals surface area contributed by atoms with Crippen LogP contribution < -0.4 is 10.1 Å². The van der Waals surface area contributed by atoms with E-state index < -0.39 is 0 Å². The molecule has 1 aliphatic rings. The fourth-order valence-corrected chi connectivity index (χ4v) is 3.02. The molecule has 2 rings (SSSR count). The molecular formula is C18H30N2O. The van der Waals surface area contributed by atoms with Crippen LogP contribution in [0.4, 0.5) is 0 Å². The van der Waals surface area contributed by atoms with Crippen molar-refractivity contribution in [2.75, 3.05) is 33.3 Å². The summed E-state index contributed by atoms with van der Waals surface area (Å²) in [6.45, 7) is 7.25. The first-order valence-corrected chi connectivity index (χ1v) is 8.36. The van der Waals surface area contributed by atoms with Crippen molar-refractivity contribution >= 4 is 0 Å². The number of benzene rings is 1. The van der Waals surface area contributed by atoms with Gasteiger partial charge in [-0.15, -0.1) is 0 Å². The van der Waals surface area contributed by atoms with E-state index in [1.54, 1.807) is 7.11 Å². The lowest BCUT2D eigenvalue weighted by Crippen LogP contribution is -2.34. The Morgan fingerprint density at radius 2 is 1.86 bits per heavy atom. The fraction of sp³-hybridized carbons (Fsp3) is 0.667. The number of hydrogen-bond acceptors (Lipinski definition) is 3. The maximum Gasteiger partial charge on any atom is 0.118 e. The van der Waals surface area contributed by atoms with Gasteiger partial charge in [-0.25, -0.2) is 0 Å². The number of nitrogens with one attached hydrogen (secondary N) is 1. The second kappa shape index (κ2) is 9.06. The summed E-state index contributed by atoms with van der Waals surface area (Å²) in [7, 11) is 1.71. The summed E-state index contributed by atoms with van der Waals surface area (Å²) in [6, 6.07) is 8.92. The minimum absolute atomic E-state index is 0.528. The van der Waals surface area contributed by atoms with E-state index in [0.717, 1.165) is 18.7 Å². The van der Waals surface area contributed by atoms with Gasteiger partial charge in [0.2, 0.25) is 0 Å². The third kappa shape index (κ3) is 6.06. The van der Waals surface area contributed by atoms with Crippen LogP contribution in [0.1, 0.15) is 38.2 Å². The van der Waals surface area contributed by atoms with E-state index in [9.17, 15) is 0 Å². The maximum absolute atomic E-state index is 5.19. The van der Waals surface area contributed by atoms with Crippen molar-refractivity contribution in [3.8, 4) is 5.75 Å². The molecule has 1 aromatic carbocycles. The van der Waals surface area contributed by atoms with E-state index in [-0.39, 0.29) is 0 Å². The van der Waals surface area contributed by atoms with Crippen LogP contribution >= 0.6 is 0 Å². The molecule has 1 aromatic rings. The predicted octanol–water partition coefficient (Wildman–Crippen LogP) is 3.09. The molecule has 1 saturated heterocycles. The zero-order chi connectivity index (χ0) is 14.9. The smallest absolute Gasteiger partial charge is 0.118 e. The summed E-state index contributed by atoms with van der Waals surface area (Å²) in [5.41, 5.74) is 1.37. The molecule has 1 unspecified atom stereocenters. The number of likely N-dealkylation sites (tertiary alicyclic amines) is 1. The summed E-state index contributed by atoms with van der Waals surface area (Å²) in [4.78, 5) is 2.61. The minimum Gasteiger partial charge on any atom is -0.497 e. The van der Waals surface area contributed by atoms with E-state index >= 15 is 0 Å². The second-order valence-electron chi connectivity index (χ2n) is 6.16. The Kier molecular flexibility index (Phi) is 7.04. The molecule has 0 saturated carbocycles. The Bertz CT molecular complexity index is 385. The van der Waals surface area contributed by atoms with Crippen molar-refractivity contribution in [2.45, 2.75) is 45.1 Å². The van der Waals surface area contributed by atoms with Gasteiger partial charge in [-0.2, -0.15) is 0 Å². The summed E-state index contributed by atoms with van der Waals surface area (Å²) < 4.78 is 5.19. The standard InChI is InChI=1S/C18H30N2O/c1-16(15-17-7-9-18(21-2)10-8-17)19-11-6-14-20-12-4-3-5-13-20/h7-10,16,19H,3-6,11-15H2,1-2H3. The molecule has 0 spiro atoms. The van der Waals surface area contributed by atoms with Crippen molar-refractivity contribution in [3.05, 3.63) is 29.8 Å². The molecule has 0 aliphatic carbocycles. The summed E-state index contributed by atoms with van der Waals surface area (Å²) in [5, 5.41) is 3.64. The normalized spacial score (nSPS) is 17.6. The topological polar surface area (TPSA) is 24.5 Å². The van der Waals surface area contributed by atoms with E-state index in [4.69, 9.17) is 4.74 Å². The fourth-order valence-electron chi connectivity index (χ4n) is 3.02. The molecule has 0 radical (unpaired) electrons. The molecule has 0 bridgehead atoms. The third-order valence-corrected chi connectivity index (χ3v) is 4.29. The van der Waals surface area contributed by atoms with Gasteiger partial charge in [0, 0.05) is 6.04 Å². The van der Waals surface area contributed by atoms with Crippen LogP contribution in [0.2, 0.25) is 0 Å². The van der Waals surface area contributed by atoms with Gasteiger partial charge in [-0.1, -0.05) is 18.6 Å². The first kappa shape index (κ1) is 16.3. The number of nitrogens with zero attached hydrogens (tertiary/aromatic N) is 1. The van der Waals surface area contributed by atoms with Crippen LogP contribution in [-0.2, 0) is 6.42 Å². The average Bonchev–Trinajstić information content (AvgIpc) is 2.53. The Hall–Kier alpha value is -1.06. The molecule has 3 nitrogen and oxygen atoms in total. The van der Waals surface area contributed by atoms with Crippen molar-refractivity contribution < 1.29 is 4.74 Å². The molecular weight excluding hydrogens is 260 g/mol. The quantitative estimate of drug-likeness (QED) is 0.745. The Labute approximate surface area is 129 Å². The van der Waals surface area contributed by atoms with Crippen LogP contribution in [0.25, 0.3) is 0 Å². The number of ether oxygens (including phenoxy) is 1. The highest BCUT2D eigenvalue weighted by atomic mass is 16.5. The van der Waals surface area contributed by atoms with Gasteiger partial charge in [0.15, 0.2) is 0 Å². The van der Waals surface area contributed by atoms with Crippen LogP contribution in [0, 0.1) is 0 Å². The van der Waals surface area contributed by atoms with E-state index in [1.165, 1.54) is 50.9 Å². The Balaban J connectivity index is 1.59. The van der Waals surface area contributed by atoms with Gasteiger partial charge >= 0.3 is 0 Å². The summed E-state index contributed by atoms with van der Waals surface area (Å²) in [5.74, 6) is 0.931. The molecule has 3 heteroatoms. The first-order chi connectivity index (χ1) is 10.3. The van der Waals surface area contributed by atoms with Crippen LogP contribution in [0.5, 0.6) is 5.75 Å². The van der Waals surface area contributed by atoms with Crippen LogP contribution in [0.3, 0.4) is 0 Å². The van der Waals surface area contributed by atoms with Gasteiger partial charge in [0.05, 0.1) is 7.11 Å². The van der Waals surface area contributed by atoms with Crippen molar-refractivity contribution in [2.24, 2.45) is 0 Å². The molecule has 1 heterocycles. The second-order valence-corrected chi connectivity index (χ2v) is 6.16. The van der Waals surface area contributed by atoms with Gasteiger partial charge in [0.25, 0.3) is 0 Å². The van der Waals surface area contributed by atoms with E-state index in [2.05, 4.69) is 29.3 Å². The summed E-state index contributed by atoms with van der Waals surface area (Å²) in [6.07, 6.45) is 6.54. The molecule has 21 heavy (non-hydrogen) atoms. The van der Waals surface area contributed by atoms with Crippen LogP contribution in [-0.4, -0.2) is 44.2 Å². The zero-order valence-electron chi connectivity index (χ0n) is 13.6. The maximum atomic E-state index is 5.19. The molecule has 118 valence electrons. The highest BCUT2D eigenvalue weighted by molar-refractivity contribution is 5.27. The average molecular weight is 290 g/mol. The molecule has 1 N–H and O–H groups in total. The molecule has 0 amide bonds. The molecule has 0 aromatic heterocycles. The van der Waals surface area contributed by atoms with E-state index in [1.807, 2.05) is 12.1 Å². The SMILES string of the molecule is COc1ccc(CC(C)NCCCN2CCCCC2)cc1. The number of piperidine rings is 1. The Morgan fingerprint density at radius 1 is 1.14 bits per heavy atom. The monoisotopic (exact) mass is 290 g/mol. The lowest BCUT2D eigenvalue weighted by atomic mass is 10.1. The van der Waals surface area contributed by atoms with Crippen molar-refractivity contribution in [1.29, 1.82) is 0 Å². The Morgan fingerprint density at radius 3 is 2.52 bits per heavy atom. The highest BCUT2D eigenvalue weighted by Crippen LogP contribution is 2.12. The predicted molar refractivity (Wildman–Crippen MR) is 89.1 cm³/mol. The zero-order valence-corrected chi connectivity index (χ0v) is 13.6. The number of methoxy groups -OCH3 is 1. The lowest BCUT2D eigenvalue weighted by molar-refractivity contribution is 0.225. The van der Waals surface area contributed by atoms with Gasteiger partial charge in [-0.05, 0) is 76.5 Å². The van der Waals surface area contributed by atoms with Crippen molar-refractivity contribution in [3.63, 3.8) is 0 Å². The van der Waals surface area contributed by atoms with Crippen molar-refractivity contribution in [1.82, 2.24) is 10.2 Å². The molecule has 1 atom stereocenters. The largest absolute Gasteiger partial charge is 0.497 e. The minimum atomic E-state index is 0.528. The number of rotatable bonds is 8. The van der Waals surface area contributed by atoms with Gasteiger partial charge in [-0.3, -0.25) is 0 Å². The van der Waals surface area contributed by atoms with Gasteiger partial charge < -0.3 is 15.0 Å². The van der Waals surface area contributed by atoms with Crippen LogP contribution in [0.15, 0.2) is 24.3 Å². The first-order valence-electron chi connectivity index (χ1n) is 8.36. The molecule has 1 fully saturated rings. The van der Waals surface area contributed by atoms with E-state index in [0.29, 0.717) is 6.04 Å². The third-order valence-electron chi connectivity index (χ3n) is 4.29. The highest BCUT2D eigenvalue weighted by Gasteiger charge is 2.09. The lowest BCUT2D eigenvalue weighted by Gasteiger charge is -2.26.